The third-order valence-electron chi connectivity index (χ3n) is 5.39. The molecule has 1 aliphatic rings. The first kappa shape index (κ1) is 23.3. The van der Waals surface area contributed by atoms with Crippen molar-refractivity contribution in [2.75, 3.05) is 45.9 Å². The maximum absolute atomic E-state index is 10.4. The van der Waals surface area contributed by atoms with Crippen LogP contribution in [0.3, 0.4) is 0 Å². The van der Waals surface area contributed by atoms with Gasteiger partial charge in [-0.2, -0.15) is 11.8 Å². The van der Waals surface area contributed by atoms with Gasteiger partial charge in [-0.15, -0.1) is 0 Å². The standard InChI is InChI=1S/C22H38N2O3S/c1-24(19-8-5-4-6-9-19)16-20(25)17-27-21-11-10-18(14-22(21)26-2)15-23-12-7-13-28-3/h10-11,14,19-20,23,25H,4-9,12-13,15-17H2,1-3H3/t20-/m1/s1. The fourth-order valence-electron chi connectivity index (χ4n) is 3.76. The van der Waals surface area contributed by atoms with Gasteiger partial charge < -0.3 is 24.8 Å². The molecule has 160 valence electrons. The minimum atomic E-state index is -0.505. The molecule has 0 saturated heterocycles. The summed E-state index contributed by atoms with van der Waals surface area (Å²) in [6, 6.07) is 6.60. The summed E-state index contributed by atoms with van der Waals surface area (Å²) in [6.07, 6.45) is 9.24. The molecule has 0 unspecified atom stereocenters. The molecule has 0 spiro atoms. The van der Waals surface area contributed by atoms with Crippen molar-refractivity contribution < 1.29 is 14.6 Å². The summed E-state index contributed by atoms with van der Waals surface area (Å²) in [7, 11) is 3.77. The SMILES string of the molecule is COc1cc(CNCCCSC)ccc1OC[C@H](O)CN(C)C1CCCCC1. The van der Waals surface area contributed by atoms with E-state index in [1.807, 2.05) is 23.9 Å². The molecular formula is C22H38N2O3S. The molecule has 6 heteroatoms. The zero-order valence-corrected chi connectivity index (χ0v) is 18.6. The predicted octanol–water partition coefficient (Wildman–Crippen LogP) is 3.54. The first-order chi connectivity index (χ1) is 13.6. The Labute approximate surface area is 175 Å². The van der Waals surface area contributed by atoms with E-state index >= 15 is 0 Å². The van der Waals surface area contributed by atoms with Crippen molar-refractivity contribution in [3.63, 3.8) is 0 Å². The quantitative estimate of drug-likeness (QED) is 0.485. The Morgan fingerprint density at radius 2 is 2.04 bits per heavy atom. The van der Waals surface area contributed by atoms with Crippen LogP contribution in [-0.2, 0) is 6.54 Å². The van der Waals surface area contributed by atoms with Gasteiger partial charge in [0.15, 0.2) is 11.5 Å². The lowest BCUT2D eigenvalue weighted by Crippen LogP contribution is -2.40. The van der Waals surface area contributed by atoms with Gasteiger partial charge in [0.05, 0.1) is 7.11 Å². The van der Waals surface area contributed by atoms with E-state index in [9.17, 15) is 5.11 Å². The van der Waals surface area contributed by atoms with Crippen LogP contribution in [0.1, 0.15) is 44.1 Å². The molecule has 0 aliphatic heterocycles. The number of aliphatic hydroxyl groups excluding tert-OH is 1. The van der Waals surface area contributed by atoms with E-state index in [0.717, 1.165) is 18.8 Å². The van der Waals surface area contributed by atoms with Crippen molar-refractivity contribution >= 4 is 11.8 Å². The molecule has 1 fully saturated rings. The summed E-state index contributed by atoms with van der Waals surface area (Å²) < 4.78 is 11.4. The lowest BCUT2D eigenvalue weighted by molar-refractivity contribution is 0.0553. The Hall–Kier alpha value is -0.950. The molecule has 28 heavy (non-hydrogen) atoms. The van der Waals surface area contributed by atoms with Gasteiger partial charge in [0.1, 0.15) is 12.7 Å². The number of hydrogen-bond acceptors (Lipinski definition) is 6. The van der Waals surface area contributed by atoms with Crippen molar-refractivity contribution in [2.45, 2.75) is 57.2 Å². The van der Waals surface area contributed by atoms with Crippen LogP contribution in [0.5, 0.6) is 11.5 Å². The van der Waals surface area contributed by atoms with Gasteiger partial charge in [0, 0.05) is 19.1 Å². The first-order valence-electron chi connectivity index (χ1n) is 10.5. The van der Waals surface area contributed by atoms with E-state index in [4.69, 9.17) is 9.47 Å². The van der Waals surface area contributed by atoms with Crippen molar-refractivity contribution in [1.29, 1.82) is 0 Å². The highest BCUT2D eigenvalue weighted by Gasteiger charge is 2.20. The smallest absolute Gasteiger partial charge is 0.161 e. The molecule has 2 rings (SSSR count). The summed E-state index contributed by atoms with van der Waals surface area (Å²) in [4.78, 5) is 2.29. The van der Waals surface area contributed by atoms with E-state index in [1.54, 1.807) is 7.11 Å². The molecule has 1 aromatic carbocycles. The number of aliphatic hydroxyl groups is 1. The number of rotatable bonds is 13. The molecule has 0 amide bonds. The van der Waals surface area contributed by atoms with Crippen LogP contribution in [0.2, 0.25) is 0 Å². The molecule has 0 bridgehead atoms. The number of hydrogen-bond donors (Lipinski definition) is 2. The monoisotopic (exact) mass is 410 g/mol. The van der Waals surface area contributed by atoms with Gasteiger partial charge in [0.2, 0.25) is 0 Å². The van der Waals surface area contributed by atoms with Crippen molar-refractivity contribution in [3.8, 4) is 11.5 Å². The average molecular weight is 411 g/mol. The highest BCUT2D eigenvalue weighted by Crippen LogP contribution is 2.28. The van der Waals surface area contributed by atoms with Crippen LogP contribution in [-0.4, -0.2) is 68.0 Å². The molecule has 1 saturated carbocycles. The van der Waals surface area contributed by atoms with Crippen LogP contribution in [0, 0.1) is 0 Å². The van der Waals surface area contributed by atoms with Gasteiger partial charge in [0.25, 0.3) is 0 Å². The number of likely N-dealkylation sites (N-methyl/N-ethyl adjacent to an activating group) is 1. The van der Waals surface area contributed by atoms with Gasteiger partial charge >= 0.3 is 0 Å². The largest absolute Gasteiger partial charge is 0.493 e. The second-order valence-corrected chi connectivity index (χ2v) is 8.69. The van der Waals surface area contributed by atoms with E-state index in [-0.39, 0.29) is 6.61 Å². The Balaban J connectivity index is 1.77. The highest BCUT2D eigenvalue weighted by atomic mass is 32.2. The van der Waals surface area contributed by atoms with Crippen molar-refractivity contribution in [2.24, 2.45) is 0 Å². The predicted molar refractivity (Wildman–Crippen MR) is 119 cm³/mol. The van der Waals surface area contributed by atoms with E-state index in [1.165, 1.54) is 49.8 Å². The van der Waals surface area contributed by atoms with E-state index < -0.39 is 6.10 Å². The third-order valence-corrected chi connectivity index (χ3v) is 6.08. The molecule has 0 heterocycles. The Morgan fingerprint density at radius 1 is 1.25 bits per heavy atom. The Bertz CT molecular complexity index is 553. The van der Waals surface area contributed by atoms with E-state index in [2.05, 4.69) is 29.6 Å². The normalized spacial score (nSPS) is 16.3. The number of nitrogens with zero attached hydrogens (tertiary/aromatic N) is 1. The number of thioether (sulfide) groups is 1. The van der Waals surface area contributed by atoms with Crippen LogP contribution < -0.4 is 14.8 Å². The van der Waals surface area contributed by atoms with Crippen LogP contribution in [0.25, 0.3) is 0 Å². The molecule has 0 aromatic heterocycles. The van der Waals surface area contributed by atoms with Crippen molar-refractivity contribution in [1.82, 2.24) is 10.2 Å². The maximum Gasteiger partial charge on any atom is 0.161 e. The first-order valence-corrected chi connectivity index (χ1v) is 11.9. The van der Waals surface area contributed by atoms with Gasteiger partial charge in [-0.25, -0.2) is 0 Å². The third kappa shape index (κ3) is 8.19. The molecular weight excluding hydrogens is 372 g/mol. The summed E-state index contributed by atoms with van der Waals surface area (Å²) in [5, 5.41) is 13.9. The topological polar surface area (TPSA) is 54.0 Å². The molecule has 5 nitrogen and oxygen atoms in total. The minimum Gasteiger partial charge on any atom is -0.493 e. The van der Waals surface area contributed by atoms with Crippen LogP contribution >= 0.6 is 11.8 Å². The average Bonchev–Trinajstić information content (AvgIpc) is 2.73. The van der Waals surface area contributed by atoms with E-state index in [0.29, 0.717) is 18.3 Å². The number of benzene rings is 1. The van der Waals surface area contributed by atoms with Crippen molar-refractivity contribution in [3.05, 3.63) is 23.8 Å². The number of methoxy groups -OCH3 is 1. The van der Waals surface area contributed by atoms with Gasteiger partial charge in [-0.05, 0) is 62.6 Å². The van der Waals surface area contributed by atoms with Gasteiger partial charge in [-0.3, -0.25) is 0 Å². The molecule has 2 N–H and O–H groups in total. The Morgan fingerprint density at radius 3 is 2.75 bits per heavy atom. The fourth-order valence-corrected chi connectivity index (χ4v) is 4.19. The second-order valence-electron chi connectivity index (χ2n) is 7.70. The summed E-state index contributed by atoms with van der Waals surface area (Å²) >= 11 is 1.88. The molecule has 1 atom stereocenters. The minimum absolute atomic E-state index is 0.277. The fraction of sp³-hybridized carbons (Fsp3) is 0.727. The lowest BCUT2D eigenvalue weighted by atomic mass is 9.94. The highest BCUT2D eigenvalue weighted by molar-refractivity contribution is 7.98. The molecule has 1 aromatic rings. The summed E-state index contributed by atoms with van der Waals surface area (Å²) in [5.74, 6) is 2.59. The van der Waals surface area contributed by atoms with Crippen LogP contribution in [0.15, 0.2) is 18.2 Å². The molecule has 1 aliphatic carbocycles. The second kappa shape index (κ2) is 13.3. The van der Waals surface area contributed by atoms with Gasteiger partial charge in [-0.1, -0.05) is 25.3 Å². The maximum atomic E-state index is 10.4. The molecule has 0 radical (unpaired) electrons. The summed E-state index contributed by atoms with van der Waals surface area (Å²) in [5.41, 5.74) is 1.17. The lowest BCUT2D eigenvalue weighted by Gasteiger charge is -2.32. The number of ether oxygens (including phenoxy) is 2. The Kier molecular flexibility index (Phi) is 11.1. The summed E-state index contributed by atoms with van der Waals surface area (Å²) in [6.45, 7) is 2.76. The van der Waals surface area contributed by atoms with Crippen LogP contribution in [0.4, 0.5) is 0 Å². The zero-order valence-electron chi connectivity index (χ0n) is 17.8. The zero-order chi connectivity index (χ0) is 20.2. The number of nitrogens with one attached hydrogen (secondary N) is 1.